The van der Waals surface area contributed by atoms with Gasteiger partial charge in [-0.05, 0) is 72.1 Å². The van der Waals surface area contributed by atoms with Gasteiger partial charge in [-0.2, -0.15) is 9.55 Å². The lowest BCUT2D eigenvalue weighted by molar-refractivity contribution is -0.118. The van der Waals surface area contributed by atoms with E-state index in [1.165, 1.54) is 36.1 Å². The molecule has 22 nitrogen and oxygen atoms in total. The topological polar surface area (TPSA) is 262 Å². The van der Waals surface area contributed by atoms with E-state index in [-0.39, 0.29) is 59.2 Å². The molecule has 2 N–H and O–H groups in total. The van der Waals surface area contributed by atoms with E-state index < -0.39 is 91.9 Å². The molecule has 23 heteroatoms. The van der Waals surface area contributed by atoms with Crippen molar-refractivity contribution in [1.29, 1.82) is 0 Å². The standard InChI is InChI=1S/C59H56N7O15P/c1-35(2)52(67)62-57-61-51-50(53(68)63-57)60-34-65(51)49-30-45(46(78-49)32-76-59(39-19-13-8-14-20-39,40-21-25-42(74-4)26-22-40)41-23-27-43(75-5)28-24-41)81-82(73)77-33-47-44(80-56(71)38-17-11-7-12-18-38)29-48(79-47)64-31-36(3)54(69)66(58(64)72)55(70)37-15-9-6-10-16-37/h6-28,31,34-35,44-49H,29-30,32-33H2,1-5H3,(H-,61,62,63,67,68)/p+1/t44-,45-,46+,47+,48+,49+/m0/s1. The fourth-order valence-corrected chi connectivity index (χ4v) is 10.6. The quantitative estimate of drug-likeness (QED) is 0.0422. The highest BCUT2D eigenvalue weighted by atomic mass is 31.1. The number of nitrogens with one attached hydrogen (secondary N) is 2. The van der Waals surface area contributed by atoms with Crippen LogP contribution in [0.25, 0.3) is 11.2 Å². The molecule has 2 aliphatic rings. The summed E-state index contributed by atoms with van der Waals surface area (Å²) in [5.74, 6) is -1.30. The minimum Gasteiger partial charge on any atom is -0.497 e. The van der Waals surface area contributed by atoms with Crippen molar-refractivity contribution in [2.45, 2.75) is 76.1 Å². The number of methoxy groups -OCH3 is 2. The highest BCUT2D eigenvalue weighted by molar-refractivity contribution is 7.33. The van der Waals surface area contributed by atoms with Crippen LogP contribution in [0.5, 0.6) is 11.5 Å². The molecular weight excluding hydrogens is 1080 g/mol. The summed E-state index contributed by atoms with van der Waals surface area (Å²) >= 11 is 0. The van der Waals surface area contributed by atoms with Crippen molar-refractivity contribution in [2.24, 2.45) is 5.92 Å². The second kappa shape index (κ2) is 24.5. The van der Waals surface area contributed by atoms with Crippen LogP contribution >= 0.6 is 8.25 Å². The van der Waals surface area contributed by atoms with Gasteiger partial charge in [0.25, 0.3) is 17.0 Å². The zero-order valence-electron chi connectivity index (χ0n) is 45.1. The number of aryl methyl sites for hydroxylation is 1. The molecule has 3 aromatic heterocycles. The Morgan fingerprint density at radius 2 is 1.28 bits per heavy atom. The number of carbonyl (C=O) groups is 3. The van der Waals surface area contributed by atoms with Crippen molar-refractivity contribution in [1.82, 2.24) is 28.7 Å². The van der Waals surface area contributed by atoms with Crippen LogP contribution in [0, 0.1) is 12.8 Å². The number of carbonyl (C=O) groups excluding carboxylic acids is 3. The second-order valence-corrected chi connectivity index (χ2v) is 20.6. The molecule has 422 valence electrons. The number of nitrogens with zero attached hydrogens (tertiary/aromatic N) is 5. The van der Waals surface area contributed by atoms with Crippen LogP contribution in [-0.4, -0.2) is 98.3 Å². The fourth-order valence-electron chi connectivity index (χ4n) is 9.86. The molecule has 0 bridgehead atoms. The van der Waals surface area contributed by atoms with E-state index in [4.69, 9.17) is 37.5 Å². The van der Waals surface area contributed by atoms with Crippen molar-refractivity contribution in [2.75, 3.05) is 32.8 Å². The third-order valence-electron chi connectivity index (χ3n) is 14.2. The summed E-state index contributed by atoms with van der Waals surface area (Å²) < 4.78 is 67.2. The molecule has 0 spiro atoms. The van der Waals surface area contributed by atoms with Gasteiger partial charge in [-0.15, -0.1) is 9.05 Å². The molecule has 0 saturated carbocycles. The first kappa shape index (κ1) is 56.5. The van der Waals surface area contributed by atoms with Crippen molar-refractivity contribution in [3.05, 3.63) is 217 Å². The maximum atomic E-state index is 14.4. The number of amides is 1. The Balaban J connectivity index is 0.968. The third-order valence-corrected chi connectivity index (χ3v) is 15.0. The maximum absolute atomic E-state index is 14.4. The molecule has 2 aliphatic heterocycles. The van der Waals surface area contributed by atoms with E-state index in [1.54, 1.807) is 76.6 Å². The first-order valence-corrected chi connectivity index (χ1v) is 27.3. The average molecular weight is 1140 g/mol. The van der Waals surface area contributed by atoms with Crippen LogP contribution in [0.15, 0.2) is 166 Å². The number of ether oxygens (including phenoxy) is 6. The Morgan fingerprint density at radius 3 is 1.88 bits per heavy atom. The molecule has 1 amide bonds. The van der Waals surface area contributed by atoms with E-state index in [2.05, 4.69) is 20.3 Å². The number of hydrogen-bond acceptors (Lipinski definition) is 17. The van der Waals surface area contributed by atoms with Crippen molar-refractivity contribution in [3.63, 3.8) is 0 Å². The summed E-state index contributed by atoms with van der Waals surface area (Å²) in [5, 5.41) is 2.63. The maximum Gasteiger partial charge on any atom is 0.697 e. The highest BCUT2D eigenvalue weighted by Crippen LogP contribution is 2.45. The summed E-state index contributed by atoms with van der Waals surface area (Å²) in [5.41, 5.74) is -1.23. The lowest BCUT2D eigenvalue weighted by Crippen LogP contribution is -2.45. The zero-order valence-corrected chi connectivity index (χ0v) is 46.0. The lowest BCUT2D eigenvalue weighted by atomic mass is 9.80. The van der Waals surface area contributed by atoms with Gasteiger partial charge in [-0.1, -0.05) is 105 Å². The second-order valence-electron chi connectivity index (χ2n) is 19.7. The summed E-state index contributed by atoms with van der Waals surface area (Å²) in [6, 6.07) is 40.4. The van der Waals surface area contributed by atoms with Gasteiger partial charge in [0.1, 0.15) is 60.6 Å². The van der Waals surface area contributed by atoms with Gasteiger partial charge in [-0.25, -0.2) is 14.6 Å². The molecule has 0 radical (unpaired) electrons. The summed E-state index contributed by atoms with van der Waals surface area (Å²) in [6.45, 7) is 4.10. The Kier molecular flexibility index (Phi) is 16.9. The molecule has 5 heterocycles. The highest BCUT2D eigenvalue weighted by Gasteiger charge is 2.48. The predicted octanol–water partition coefficient (Wildman–Crippen LogP) is 7.62. The minimum atomic E-state index is -3.10. The van der Waals surface area contributed by atoms with Crippen LogP contribution in [0.3, 0.4) is 0 Å². The Morgan fingerprint density at radius 1 is 0.732 bits per heavy atom. The van der Waals surface area contributed by atoms with Crippen molar-refractivity contribution >= 4 is 43.2 Å². The monoisotopic (exact) mass is 1130 g/mol. The van der Waals surface area contributed by atoms with E-state index >= 15 is 0 Å². The minimum absolute atomic E-state index is 0.0332. The van der Waals surface area contributed by atoms with Gasteiger partial charge in [0.2, 0.25) is 11.9 Å². The number of aromatic amines is 1. The number of aromatic nitrogens is 6. The van der Waals surface area contributed by atoms with E-state index in [0.717, 1.165) is 10.1 Å². The number of esters is 1. The molecule has 5 aromatic carbocycles. The molecule has 2 fully saturated rings. The van der Waals surface area contributed by atoms with Crippen molar-refractivity contribution < 1.29 is 56.4 Å². The van der Waals surface area contributed by atoms with Crippen LogP contribution in [0.4, 0.5) is 5.95 Å². The Hall–Kier alpha value is -8.76. The molecular formula is C59H57N7O15P+. The smallest absolute Gasteiger partial charge is 0.497 e. The number of anilines is 1. The largest absolute Gasteiger partial charge is 0.697 e. The normalized spacial score (nSPS) is 19.0. The summed E-state index contributed by atoms with van der Waals surface area (Å²) in [4.78, 5) is 92.3. The van der Waals surface area contributed by atoms with Gasteiger partial charge in [-0.3, -0.25) is 38.6 Å². The van der Waals surface area contributed by atoms with E-state index in [0.29, 0.717) is 27.2 Å². The average Bonchev–Trinajstić information content (AvgIpc) is 3.78. The molecule has 2 saturated heterocycles. The molecule has 82 heavy (non-hydrogen) atoms. The summed E-state index contributed by atoms with van der Waals surface area (Å²) in [6.07, 6.45) is -4.17. The van der Waals surface area contributed by atoms with Crippen molar-refractivity contribution in [3.8, 4) is 11.5 Å². The van der Waals surface area contributed by atoms with Gasteiger partial charge in [0, 0.05) is 40.6 Å². The Labute approximate surface area is 469 Å². The van der Waals surface area contributed by atoms with Gasteiger partial charge in [0.15, 0.2) is 11.2 Å². The molecule has 8 aromatic rings. The number of fused-ring (bicyclic) bond motifs is 1. The van der Waals surface area contributed by atoms with Gasteiger partial charge < -0.3 is 28.4 Å². The lowest BCUT2D eigenvalue weighted by Gasteiger charge is -2.37. The molecule has 0 aliphatic carbocycles. The zero-order chi connectivity index (χ0) is 57.7. The third kappa shape index (κ3) is 11.7. The number of benzene rings is 5. The van der Waals surface area contributed by atoms with E-state index in [9.17, 15) is 33.3 Å². The van der Waals surface area contributed by atoms with E-state index in [1.807, 2.05) is 78.9 Å². The van der Waals surface area contributed by atoms with Crippen LogP contribution < -0.4 is 31.6 Å². The van der Waals surface area contributed by atoms with Crippen LogP contribution in [0.2, 0.25) is 0 Å². The SMILES string of the molecule is COc1ccc(C(OC[C@H]2O[C@@H](n3cnc4c(=O)[nH]c(NC(=O)C(C)C)nc43)C[C@@H]2O[P+](=O)OC[C@H]2O[C@@H](n3cc(C)c(=O)n(C(=O)c4ccccc4)c3=O)C[C@@H]2OC(=O)c2ccccc2)(c2ccccc2)c2ccc(OC)cc2)cc1. The summed E-state index contributed by atoms with van der Waals surface area (Å²) in [7, 11) is 0.0449. The molecule has 7 atom stereocenters. The Bertz CT molecular complexity index is 3750. The van der Waals surface area contributed by atoms with Gasteiger partial charge in [0.05, 0.1) is 32.7 Å². The molecule has 10 rings (SSSR count). The van der Waals surface area contributed by atoms with Crippen LogP contribution in [-0.2, 0) is 43.0 Å². The first-order valence-electron chi connectivity index (χ1n) is 26.2. The fraction of sp³-hybridized carbons (Fsp3) is 0.288. The van der Waals surface area contributed by atoms with Crippen LogP contribution in [0.1, 0.15) is 82.1 Å². The predicted molar refractivity (Wildman–Crippen MR) is 297 cm³/mol. The van der Waals surface area contributed by atoms with Gasteiger partial charge >= 0.3 is 19.9 Å². The number of H-pyrrole nitrogens is 1. The number of imidazole rings is 1. The number of hydrogen-bond donors (Lipinski definition) is 2. The molecule has 1 unspecified atom stereocenters. The first-order chi connectivity index (χ1) is 39.6. The number of rotatable bonds is 20.